The van der Waals surface area contributed by atoms with Crippen molar-refractivity contribution in [2.45, 2.75) is 71.4 Å². The van der Waals surface area contributed by atoms with Crippen LogP contribution in [0.3, 0.4) is 0 Å². The molecule has 2 heterocycles. The number of nitrogen functional groups attached to an aromatic ring is 1. The van der Waals surface area contributed by atoms with Crippen molar-refractivity contribution in [3.63, 3.8) is 0 Å². The van der Waals surface area contributed by atoms with Gasteiger partial charge >= 0.3 is 12.1 Å². The molecule has 11 nitrogen and oxygen atoms in total. The van der Waals surface area contributed by atoms with Gasteiger partial charge in [-0.1, -0.05) is 19.1 Å². The standard InChI is InChI=1S/C25H35F3N7O4P/c1-6-11-38-23(36)24(4,5)34-40(37,33-17(3)18-7-9-19(10-8-18)25(26,27)28)15-39-16(2)12-35-14-32-20-21(29)30-13-31-22(20)35/h7-10,13-14,16-17H,6,11-12,15H2,1-5H3,(H2,29,30,31)(H2,33,34,37)/t16?,17-,40?/m0/s1. The average Bonchev–Trinajstić information content (AvgIpc) is 3.29. The molecule has 2 aromatic heterocycles. The third-order valence-electron chi connectivity index (χ3n) is 5.97. The van der Waals surface area contributed by atoms with Gasteiger partial charge in [-0.3, -0.25) is 9.36 Å². The topological polar surface area (TPSA) is 146 Å². The Morgan fingerprint density at radius 1 is 1.15 bits per heavy atom. The summed E-state index contributed by atoms with van der Waals surface area (Å²) >= 11 is 0. The lowest BCUT2D eigenvalue weighted by molar-refractivity contribution is -0.149. The normalized spacial score (nSPS) is 15.5. The largest absolute Gasteiger partial charge is 0.464 e. The van der Waals surface area contributed by atoms with E-state index in [2.05, 4.69) is 25.1 Å². The van der Waals surface area contributed by atoms with Crippen LogP contribution in [0.1, 0.15) is 58.2 Å². The van der Waals surface area contributed by atoms with Crippen molar-refractivity contribution in [3.8, 4) is 0 Å². The first kappa shape index (κ1) is 31.5. The van der Waals surface area contributed by atoms with E-state index in [4.69, 9.17) is 15.2 Å². The second-order valence-electron chi connectivity index (χ2n) is 10.0. The minimum atomic E-state index is -4.47. The van der Waals surface area contributed by atoms with E-state index in [1.165, 1.54) is 32.3 Å². The molecule has 0 aliphatic heterocycles. The third-order valence-corrected chi connectivity index (χ3v) is 8.21. The Bertz CT molecular complexity index is 1350. The summed E-state index contributed by atoms with van der Waals surface area (Å²) < 4.78 is 66.1. The van der Waals surface area contributed by atoms with Crippen LogP contribution in [0, 0.1) is 0 Å². The van der Waals surface area contributed by atoms with Gasteiger partial charge in [0.1, 0.15) is 23.7 Å². The fraction of sp³-hybridized carbons (Fsp3) is 0.520. The molecular weight excluding hydrogens is 550 g/mol. The summed E-state index contributed by atoms with van der Waals surface area (Å²) in [6.45, 7) is 8.84. The van der Waals surface area contributed by atoms with E-state index in [0.29, 0.717) is 29.7 Å². The van der Waals surface area contributed by atoms with Gasteiger partial charge in [0.05, 0.1) is 31.1 Å². The van der Waals surface area contributed by atoms with Gasteiger partial charge in [0, 0.05) is 6.04 Å². The summed E-state index contributed by atoms with van der Waals surface area (Å²) in [5.41, 5.74) is 5.12. The van der Waals surface area contributed by atoms with E-state index in [9.17, 15) is 22.5 Å². The lowest BCUT2D eigenvalue weighted by Crippen LogP contribution is -2.49. The van der Waals surface area contributed by atoms with Crippen LogP contribution >= 0.6 is 7.44 Å². The molecule has 220 valence electrons. The highest BCUT2D eigenvalue weighted by molar-refractivity contribution is 7.59. The Hall–Kier alpha value is -3.06. The van der Waals surface area contributed by atoms with Crippen molar-refractivity contribution in [2.75, 3.05) is 18.7 Å². The minimum Gasteiger partial charge on any atom is -0.464 e. The van der Waals surface area contributed by atoms with Gasteiger partial charge in [-0.15, -0.1) is 0 Å². The molecule has 3 atom stereocenters. The number of nitrogens with two attached hydrogens (primary N) is 1. The third kappa shape index (κ3) is 8.00. The van der Waals surface area contributed by atoms with Crippen LogP contribution in [-0.2, 0) is 31.6 Å². The fourth-order valence-corrected chi connectivity index (χ4v) is 6.35. The molecule has 0 bridgehead atoms. The number of esters is 1. The van der Waals surface area contributed by atoms with Crippen LogP contribution in [0.5, 0.6) is 0 Å². The molecule has 2 unspecified atom stereocenters. The SMILES string of the molecule is CCCOC(=O)C(C)(C)NP(=O)(COC(C)Cn1cnc2c(N)ncnc21)N[C@@H](C)c1ccc(C(F)(F)F)cc1. The number of aromatic nitrogens is 4. The fourth-order valence-electron chi connectivity index (χ4n) is 3.92. The molecule has 0 aliphatic carbocycles. The molecule has 0 fully saturated rings. The molecule has 15 heteroatoms. The van der Waals surface area contributed by atoms with E-state index in [1.807, 2.05) is 6.92 Å². The Balaban J connectivity index is 1.78. The molecule has 0 saturated carbocycles. The number of ether oxygens (including phenoxy) is 2. The van der Waals surface area contributed by atoms with E-state index in [-0.39, 0.29) is 18.8 Å². The van der Waals surface area contributed by atoms with E-state index < -0.39 is 42.8 Å². The number of carbonyl (C=O) groups is 1. The predicted molar refractivity (Wildman–Crippen MR) is 144 cm³/mol. The number of imidazole rings is 1. The van der Waals surface area contributed by atoms with Gasteiger partial charge in [-0.25, -0.2) is 25.1 Å². The molecule has 0 aliphatic rings. The highest BCUT2D eigenvalue weighted by Gasteiger charge is 2.38. The van der Waals surface area contributed by atoms with Crippen LogP contribution in [0.25, 0.3) is 11.2 Å². The molecular formula is C25H35F3N7O4P. The Kier molecular flexibility index (Phi) is 9.94. The summed E-state index contributed by atoms with van der Waals surface area (Å²) in [5, 5.41) is 5.84. The van der Waals surface area contributed by atoms with Crippen molar-refractivity contribution >= 4 is 30.4 Å². The number of hydrogen-bond acceptors (Lipinski definition) is 8. The van der Waals surface area contributed by atoms with E-state index in [1.54, 1.807) is 24.7 Å². The molecule has 3 aromatic rings. The molecule has 4 N–H and O–H groups in total. The molecule has 0 amide bonds. The summed E-state index contributed by atoms with van der Waals surface area (Å²) in [6, 6.07) is 3.89. The Labute approximate surface area is 230 Å². The van der Waals surface area contributed by atoms with Crippen molar-refractivity contribution in [1.29, 1.82) is 0 Å². The number of hydrogen-bond donors (Lipinski definition) is 3. The van der Waals surface area contributed by atoms with Crippen LogP contribution in [0.2, 0.25) is 0 Å². The van der Waals surface area contributed by atoms with Crippen molar-refractivity contribution in [2.24, 2.45) is 0 Å². The number of carbonyl (C=O) groups excluding carboxylic acids is 1. The maximum Gasteiger partial charge on any atom is 0.416 e. The van der Waals surface area contributed by atoms with Crippen molar-refractivity contribution in [3.05, 3.63) is 48.0 Å². The molecule has 1 aromatic carbocycles. The number of nitrogens with zero attached hydrogens (tertiary/aromatic N) is 4. The number of anilines is 1. The van der Waals surface area contributed by atoms with Crippen molar-refractivity contribution in [1.82, 2.24) is 29.7 Å². The number of fused-ring (bicyclic) bond motifs is 1. The summed E-state index contributed by atoms with van der Waals surface area (Å²) in [5.74, 6) is -0.363. The zero-order valence-corrected chi connectivity index (χ0v) is 23.9. The minimum absolute atomic E-state index is 0.199. The zero-order chi connectivity index (χ0) is 29.7. The zero-order valence-electron chi connectivity index (χ0n) is 23.0. The van der Waals surface area contributed by atoms with Gasteiger partial charge in [0.2, 0.25) is 7.44 Å². The number of halogens is 3. The van der Waals surface area contributed by atoms with E-state index in [0.717, 1.165) is 12.1 Å². The first-order chi connectivity index (χ1) is 18.6. The smallest absolute Gasteiger partial charge is 0.416 e. The van der Waals surface area contributed by atoms with Gasteiger partial charge in [0.25, 0.3) is 0 Å². The molecule has 0 radical (unpaired) electrons. The van der Waals surface area contributed by atoms with Crippen LogP contribution < -0.4 is 15.9 Å². The molecule has 0 spiro atoms. The Morgan fingerprint density at radius 3 is 2.45 bits per heavy atom. The highest BCUT2D eigenvalue weighted by Crippen LogP contribution is 2.42. The first-order valence-electron chi connectivity index (χ1n) is 12.7. The molecule has 3 rings (SSSR count). The predicted octanol–water partition coefficient (Wildman–Crippen LogP) is 4.66. The maximum atomic E-state index is 14.2. The molecule has 0 saturated heterocycles. The summed E-state index contributed by atoms with van der Waals surface area (Å²) in [6.07, 6.45) is -1.81. The van der Waals surface area contributed by atoms with Crippen LogP contribution in [0.4, 0.5) is 19.0 Å². The van der Waals surface area contributed by atoms with Crippen molar-refractivity contribution < 1.29 is 32.0 Å². The second-order valence-corrected chi connectivity index (χ2v) is 12.2. The summed E-state index contributed by atoms with van der Waals surface area (Å²) in [7, 11) is -3.71. The molecule has 40 heavy (non-hydrogen) atoms. The van der Waals surface area contributed by atoms with Gasteiger partial charge in [0.15, 0.2) is 11.5 Å². The average molecular weight is 586 g/mol. The van der Waals surface area contributed by atoms with Crippen LogP contribution in [-0.4, -0.2) is 50.1 Å². The lowest BCUT2D eigenvalue weighted by Gasteiger charge is -2.33. The van der Waals surface area contributed by atoms with Crippen LogP contribution in [0.15, 0.2) is 36.9 Å². The quantitative estimate of drug-likeness (QED) is 0.191. The Morgan fingerprint density at radius 2 is 1.82 bits per heavy atom. The van der Waals surface area contributed by atoms with Gasteiger partial charge in [-0.2, -0.15) is 13.2 Å². The number of nitrogens with one attached hydrogen (secondary N) is 2. The second kappa shape index (κ2) is 12.6. The lowest BCUT2D eigenvalue weighted by atomic mass is 10.1. The van der Waals surface area contributed by atoms with E-state index >= 15 is 0 Å². The van der Waals surface area contributed by atoms with Gasteiger partial charge < -0.3 is 19.8 Å². The monoisotopic (exact) mass is 585 g/mol. The maximum absolute atomic E-state index is 14.2. The summed E-state index contributed by atoms with van der Waals surface area (Å²) in [4.78, 5) is 25.0. The van der Waals surface area contributed by atoms with Gasteiger partial charge in [-0.05, 0) is 51.8 Å². The number of rotatable bonds is 13. The highest BCUT2D eigenvalue weighted by atomic mass is 31.2. The first-order valence-corrected chi connectivity index (χ1v) is 14.6. The number of benzene rings is 1. The number of alkyl halides is 3.